The number of fused-ring (bicyclic) bond motifs is 2. The largest absolute Gasteiger partial charge is 0.312 e. The molecule has 2 aromatic carbocycles. The van der Waals surface area contributed by atoms with E-state index in [9.17, 15) is 8.42 Å². The van der Waals surface area contributed by atoms with E-state index >= 15 is 0 Å². The third kappa shape index (κ3) is 2.62. The molecular weight excluding hydrogens is 352 g/mol. The van der Waals surface area contributed by atoms with Crippen molar-refractivity contribution in [3.05, 3.63) is 46.5 Å². The van der Waals surface area contributed by atoms with Crippen molar-refractivity contribution in [2.45, 2.75) is 17.9 Å². The third-order valence-corrected chi connectivity index (χ3v) is 5.68. The summed E-state index contributed by atoms with van der Waals surface area (Å²) in [5.74, 6) is 0. The van der Waals surface area contributed by atoms with Crippen molar-refractivity contribution in [2.75, 3.05) is 11.3 Å². The molecule has 24 heavy (non-hydrogen) atoms. The normalized spacial score (nSPS) is 14.5. The molecule has 0 amide bonds. The summed E-state index contributed by atoms with van der Waals surface area (Å²) in [7, 11) is -3.84. The number of benzene rings is 2. The van der Waals surface area contributed by atoms with Gasteiger partial charge in [-0.2, -0.15) is 0 Å². The topological polar surface area (TPSA) is 97.1 Å². The van der Waals surface area contributed by atoms with E-state index in [0.717, 1.165) is 25.1 Å². The van der Waals surface area contributed by atoms with Gasteiger partial charge in [-0.1, -0.05) is 17.7 Å². The van der Waals surface area contributed by atoms with Gasteiger partial charge < -0.3 is 5.32 Å². The van der Waals surface area contributed by atoms with Crippen LogP contribution in [0.3, 0.4) is 0 Å². The van der Waals surface area contributed by atoms with Gasteiger partial charge in [0, 0.05) is 12.2 Å². The van der Waals surface area contributed by atoms with E-state index in [2.05, 4.69) is 25.0 Å². The van der Waals surface area contributed by atoms with E-state index in [-0.39, 0.29) is 21.0 Å². The molecule has 0 bridgehead atoms. The molecule has 0 atom stereocenters. The van der Waals surface area contributed by atoms with Gasteiger partial charge >= 0.3 is 0 Å². The fourth-order valence-electron chi connectivity index (χ4n) is 2.78. The lowest BCUT2D eigenvalue weighted by atomic mass is 10.0. The first-order valence-corrected chi connectivity index (χ1v) is 9.17. The number of halogens is 1. The standard InChI is InChI=1S/C15H13ClN4O3S/c16-12-3-4-13(15-14(12)18-23-19-15)24(21,22)20-11-2-1-10-8-17-6-5-9(10)7-11/h1-4,7,17,20H,5-6,8H2. The minimum Gasteiger partial charge on any atom is -0.312 e. The lowest BCUT2D eigenvalue weighted by Gasteiger charge is -2.18. The van der Waals surface area contributed by atoms with E-state index < -0.39 is 10.0 Å². The molecule has 0 aliphatic carbocycles. The molecule has 0 radical (unpaired) electrons. The van der Waals surface area contributed by atoms with Gasteiger partial charge in [0.2, 0.25) is 0 Å². The maximum absolute atomic E-state index is 12.7. The highest BCUT2D eigenvalue weighted by Gasteiger charge is 2.22. The molecule has 0 saturated heterocycles. The van der Waals surface area contributed by atoms with E-state index in [0.29, 0.717) is 5.69 Å². The lowest BCUT2D eigenvalue weighted by molar-refractivity contribution is 0.315. The van der Waals surface area contributed by atoms with E-state index in [1.165, 1.54) is 17.7 Å². The monoisotopic (exact) mass is 364 g/mol. The fraction of sp³-hybridized carbons (Fsp3) is 0.200. The Labute approximate surface area is 143 Å². The number of hydrogen-bond acceptors (Lipinski definition) is 6. The second-order valence-electron chi connectivity index (χ2n) is 5.52. The molecular formula is C15H13ClN4O3S. The maximum atomic E-state index is 12.7. The molecule has 2 heterocycles. The maximum Gasteiger partial charge on any atom is 0.264 e. The number of rotatable bonds is 3. The van der Waals surface area contributed by atoms with Crippen LogP contribution < -0.4 is 10.0 Å². The highest BCUT2D eigenvalue weighted by Crippen LogP contribution is 2.28. The second kappa shape index (κ2) is 5.73. The van der Waals surface area contributed by atoms with Crippen LogP contribution in [-0.4, -0.2) is 25.3 Å². The smallest absolute Gasteiger partial charge is 0.264 e. The van der Waals surface area contributed by atoms with Gasteiger partial charge in [-0.15, -0.1) is 0 Å². The Kier molecular flexibility index (Phi) is 3.67. The summed E-state index contributed by atoms with van der Waals surface area (Å²) < 4.78 is 32.6. The van der Waals surface area contributed by atoms with Crippen molar-refractivity contribution in [1.29, 1.82) is 0 Å². The van der Waals surface area contributed by atoms with Crippen LogP contribution in [-0.2, 0) is 23.0 Å². The van der Waals surface area contributed by atoms with Crippen molar-refractivity contribution in [3.63, 3.8) is 0 Å². The Balaban J connectivity index is 1.73. The van der Waals surface area contributed by atoms with Gasteiger partial charge in [-0.05, 0) is 58.7 Å². The summed E-state index contributed by atoms with van der Waals surface area (Å²) in [5, 5.41) is 10.9. The van der Waals surface area contributed by atoms with Crippen LogP contribution in [0.25, 0.3) is 11.0 Å². The first-order chi connectivity index (χ1) is 11.5. The Hall–Kier alpha value is -2.16. The molecule has 0 fully saturated rings. The van der Waals surface area contributed by atoms with Crippen LogP contribution in [0.2, 0.25) is 5.02 Å². The molecule has 1 aromatic heterocycles. The number of hydrogen-bond donors (Lipinski definition) is 2. The molecule has 0 unspecified atom stereocenters. The van der Waals surface area contributed by atoms with E-state index in [1.54, 1.807) is 6.07 Å². The van der Waals surface area contributed by atoms with Crippen molar-refractivity contribution in [1.82, 2.24) is 15.6 Å². The van der Waals surface area contributed by atoms with Gasteiger partial charge in [0.25, 0.3) is 10.0 Å². The van der Waals surface area contributed by atoms with Crippen LogP contribution in [0.15, 0.2) is 39.9 Å². The Morgan fingerprint density at radius 3 is 2.83 bits per heavy atom. The molecule has 2 N–H and O–H groups in total. The fourth-order valence-corrected chi connectivity index (χ4v) is 4.15. The minimum absolute atomic E-state index is 0.0254. The molecule has 7 nitrogen and oxygen atoms in total. The van der Waals surface area contributed by atoms with Crippen molar-refractivity contribution in [2.24, 2.45) is 0 Å². The zero-order chi connectivity index (χ0) is 16.7. The molecule has 3 aromatic rings. The zero-order valence-corrected chi connectivity index (χ0v) is 14.0. The Morgan fingerprint density at radius 1 is 1.12 bits per heavy atom. The van der Waals surface area contributed by atoms with Gasteiger partial charge in [-0.3, -0.25) is 4.72 Å². The Morgan fingerprint density at radius 2 is 1.96 bits per heavy atom. The SMILES string of the molecule is O=S(=O)(Nc1ccc2c(c1)CCNC2)c1ccc(Cl)c2nonc12. The summed E-state index contributed by atoms with van der Waals surface area (Å²) in [6.07, 6.45) is 0.864. The van der Waals surface area contributed by atoms with Crippen LogP contribution in [0.4, 0.5) is 5.69 Å². The molecule has 4 rings (SSSR count). The molecule has 9 heteroatoms. The van der Waals surface area contributed by atoms with E-state index in [1.807, 2.05) is 12.1 Å². The van der Waals surface area contributed by atoms with E-state index in [4.69, 9.17) is 11.6 Å². The number of nitrogens with zero attached hydrogens (tertiary/aromatic N) is 2. The summed E-state index contributed by atoms with van der Waals surface area (Å²) in [4.78, 5) is -0.0254. The summed E-state index contributed by atoms with van der Waals surface area (Å²) in [5.41, 5.74) is 3.15. The van der Waals surface area contributed by atoms with Crippen LogP contribution in [0, 0.1) is 0 Å². The van der Waals surface area contributed by atoms with Crippen molar-refractivity contribution < 1.29 is 13.0 Å². The lowest BCUT2D eigenvalue weighted by Crippen LogP contribution is -2.23. The minimum atomic E-state index is -3.84. The molecule has 0 saturated carbocycles. The highest BCUT2D eigenvalue weighted by molar-refractivity contribution is 7.93. The molecule has 0 spiro atoms. The van der Waals surface area contributed by atoms with Crippen LogP contribution >= 0.6 is 11.6 Å². The van der Waals surface area contributed by atoms with Gasteiger partial charge in [-0.25, -0.2) is 13.0 Å². The number of anilines is 1. The quantitative estimate of drug-likeness (QED) is 0.740. The first-order valence-electron chi connectivity index (χ1n) is 7.31. The molecule has 124 valence electrons. The molecule has 1 aliphatic rings. The predicted octanol–water partition coefficient (Wildman–Crippen LogP) is 2.32. The summed E-state index contributed by atoms with van der Waals surface area (Å²) in [6, 6.07) is 8.38. The van der Waals surface area contributed by atoms with Crippen molar-refractivity contribution in [3.8, 4) is 0 Å². The third-order valence-electron chi connectivity index (χ3n) is 3.96. The first kappa shape index (κ1) is 15.4. The van der Waals surface area contributed by atoms with Gasteiger partial charge in [0.1, 0.15) is 4.90 Å². The van der Waals surface area contributed by atoms with Crippen LogP contribution in [0.1, 0.15) is 11.1 Å². The predicted molar refractivity (Wildman–Crippen MR) is 89.5 cm³/mol. The average molecular weight is 365 g/mol. The number of sulfonamides is 1. The molecule has 1 aliphatic heterocycles. The number of aromatic nitrogens is 2. The Bertz CT molecular complexity index is 1030. The zero-order valence-electron chi connectivity index (χ0n) is 12.4. The van der Waals surface area contributed by atoms with Gasteiger partial charge in [0.05, 0.1) is 5.02 Å². The van der Waals surface area contributed by atoms with Gasteiger partial charge in [0.15, 0.2) is 11.0 Å². The summed E-state index contributed by atoms with van der Waals surface area (Å²) >= 11 is 5.98. The highest BCUT2D eigenvalue weighted by atomic mass is 35.5. The average Bonchev–Trinajstić information content (AvgIpc) is 3.05. The number of nitrogens with one attached hydrogen (secondary N) is 2. The van der Waals surface area contributed by atoms with Crippen molar-refractivity contribution >= 4 is 38.3 Å². The second-order valence-corrected chi connectivity index (χ2v) is 7.58. The summed E-state index contributed by atoms with van der Waals surface area (Å²) in [6.45, 7) is 1.68. The van der Waals surface area contributed by atoms with Crippen LogP contribution in [0.5, 0.6) is 0 Å².